The molecular formula is C91H100N16O10S7. The molecule has 10 aromatic rings. The average Bonchev–Trinajstić information content (AvgIpc) is 1.33. The van der Waals surface area contributed by atoms with Crippen molar-refractivity contribution in [3.63, 3.8) is 0 Å². The molecule has 124 heavy (non-hydrogen) atoms. The maximum atomic E-state index is 14.3. The lowest BCUT2D eigenvalue weighted by atomic mass is 9.81. The monoisotopic (exact) mass is 1800 g/mol. The summed E-state index contributed by atoms with van der Waals surface area (Å²) in [6.45, 7) is 14.7. The zero-order valence-corrected chi connectivity index (χ0v) is 74.9. The predicted octanol–water partition coefficient (Wildman–Crippen LogP) is 20.8. The molecule has 0 spiro atoms. The van der Waals surface area contributed by atoms with Crippen molar-refractivity contribution in [3.05, 3.63) is 213 Å². The van der Waals surface area contributed by atoms with Gasteiger partial charge in [-0.05, 0) is 203 Å². The summed E-state index contributed by atoms with van der Waals surface area (Å²) in [6.07, 6.45) is 34.0. The number of carbonyl (C=O) groups is 4. The fourth-order valence-corrected chi connectivity index (χ4v) is 17.9. The summed E-state index contributed by atoms with van der Waals surface area (Å²) in [5.74, 6) is -0.0837. The highest BCUT2D eigenvalue weighted by Crippen LogP contribution is 2.40. The van der Waals surface area contributed by atoms with Crippen molar-refractivity contribution in [2.45, 2.75) is 147 Å². The first-order valence-electron chi connectivity index (χ1n) is 40.3. The Labute approximate surface area is 755 Å². The molecule has 0 saturated heterocycles. The number of allylic oxidation sites excluding steroid dienone is 2. The van der Waals surface area contributed by atoms with E-state index < -0.39 is 23.9 Å². The van der Waals surface area contributed by atoms with Crippen molar-refractivity contribution in [2.24, 2.45) is 10.2 Å². The Morgan fingerprint density at radius 1 is 0.565 bits per heavy atom. The number of ether oxygens (including phenoxy) is 6. The number of nitrogens with zero attached hydrogens (tertiary/aromatic N) is 6. The van der Waals surface area contributed by atoms with Crippen LogP contribution in [-0.4, -0.2) is 135 Å². The van der Waals surface area contributed by atoms with Gasteiger partial charge in [-0.3, -0.25) is 32.5 Å². The molecular weight excluding hydrogens is 1700 g/mol. The van der Waals surface area contributed by atoms with Crippen LogP contribution in [0.15, 0.2) is 163 Å². The smallest absolute Gasteiger partial charge is 0.344 e. The third-order valence-corrected chi connectivity index (χ3v) is 24.6. The van der Waals surface area contributed by atoms with E-state index in [1.54, 1.807) is 85.1 Å². The fourth-order valence-electron chi connectivity index (χ4n) is 14.1. The number of rotatable bonds is 30. The van der Waals surface area contributed by atoms with E-state index in [9.17, 15) is 19.2 Å². The van der Waals surface area contributed by atoms with Gasteiger partial charge in [0.1, 0.15) is 45.8 Å². The van der Waals surface area contributed by atoms with Gasteiger partial charge in [-0.1, -0.05) is 140 Å². The van der Waals surface area contributed by atoms with E-state index in [0.29, 0.717) is 89.9 Å². The van der Waals surface area contributed by atoms with E-state index in [-0.39, 0.29) is 97.0 Å². The van der Waals surface area contributed by atoms with E-state index in [4.69, 9.17) is 60.9 Å². The van der Waals surface area contributed by atoms with E-state index in [2.05, 4.69) is 120 Å². The summed E-state index contributed by atoms with van der Waals surface area (Å²) in [7, 11) is 0. The third kappa shape index (κ3) is 25.9. The molecule has 0 aliphatic heterocycles. The van der Waals surface area contributed by atoms with Gasteiger partial charge < -0.3 is 49.9 Å². The Bertz CT molecular complexity index is 5540. The first kappa shape index (κ1) is 94.8. The minimum atomic E-state index is -0.751. The lowest BCUT2D eigenvalue weighted by Crippen LogP contribution is -2.21. The molecule has 0 amide bonds. The number of fused-ring (bicyclic) bond motifs is 5. The van der Waals surface area contributed by atoms with Crippen LogP contribution in [-0.2, 0) is 23.9 Å². The molecule has 4 heterocycles. The second kappa shape index (κ2) is 46.9. The maximum Gasteiger partial charge on any atom is 0.344 e. The van der Waals surface area contributed by atoms with Crippen molar-refractivity contribution in [1.82, 2.24) is 19.9 Å². The zero-order valence-electron chi connectivity index (χ0n) is 68.7. The van der Waals surface area contributed by atoms with Crippen LogP contribution in [0.25, 0.3) is 43.4 Å². The molecule has 4 aromatic heterocycles. The number of nitrogens with one attached hydrogen (secondary N) is 10. The highest BCUT2D eigenvalue weighted by Gasteiger charge is 2.28. The number of thiol groups is 1. The number of esters is 4. The van der Waals surface area contributed by atoms with Crippen LogP contribution in [0, 0.1) is 39.4 Å². The number of hydrazone groups is 2. The lowest BCUT2D eigenvalue weighted by Gasteiger charge is -2.29. The van der Waals surface area contributed by atoms with Crippen molar-refractivity contribution in [2.75, 3.05) is 47.1 Å². The highest BCUT2D eigenvalue weighted by atomic mass is 32.1. The van der Waals surface area contributed by atoms with Gasteiger partial charge >= 0.3 is 23.9 Å². The number of unbranched alkanes of at least 4 members (excludes halogenated alkanes) is 1. The van der Waals surface area contributed by atoms with Gasteiger partial charge in [0.15, 0.2) is 10.3 Å². The number of hydrogen-bond acceptors (Lipinski definition) is 31. The van der Waals surface area contributed by atoms with Crippen molar-refractivity contribution in [1.29, 1.82) is 32.5 Å². The van der Waals surface area contributed by atoms with Crippen LogP contribution in [0.1, 0.15) is 187 Å². The molecule has 3 fully saturated rings. The summed E-state index contributed by atoms with van der Waals surface area (Å²) in [5, 5.41) is 68.0. The number of benzene rings is 6. The van der Waals surface area contributed by atoms with Crippen LogP contribution < -0.4 is 40.4 Å². The van der Waals surface area contributed by atoms with Gasteiger partial charge in [-0.2, -0.15) is 49.8 Å². The van der Waals surface area contributed by atoms with Gasteiger partial charge in [0, 0.05) is 77.5 Å². The first-order valence-corrected chi connectivity index (χ1v) is 44.2. The number of aryl methyl sites for hydroxylation is 1. The molecule has 0 bridgehead atoms. The normalized spacial score (nSPS) is 15.4. The minimum Gasteiger partial charge on any atom is -0.493 e. The topological polar surface area (TPSA) is 391 Å². The van der Waals surface area contributed by atoms with Gasteiger partial charge in [0.25, 0.3) is 0 Å². The molecule has 15 rings (SSSR count). The number of anilines is 4. The van der Waals surface area contributed by atoms with E-state index in [1.165, 1.54) is 139 Å². The standard InChI is InChI=1S/C44H36N10O7S2.C21H28N2O3S.2C13H16N2S.2H2S/c1-5-36(55)59-16-6-15-58-33-19-25(20-49-53-43-51-39-34(62-43)13-10-30(45)37(39)47)29(18-26(33)21-50-54-44-52-40-35(63-44)14-11-31(46)38(40)48)42(57)61-32-12-7-24-17-27(60-41(56)22(2)3)8-9-28(24)23(32)4;1-2-20(24)26-21-17(13-22)11-16(12-18(21)14-23)15-5-7-19(8-6-15)25-9-3-4-10-27;2*1-2-6-10(7-3-1)14-13-15-11-8-4-5-9-12(11)16-13;;/h5,7-14,17-21,45-48H,1-2,6,15-16H2,3-4H3,(H,51,53)(H,52,54);2,11-15,19,22-23,27H,1,3-10H2;2*4-5,8-10H,1-3,6-7H2,(H,14,15);2*1H2/b45-30?,46-31?,47-37?,48-38?,49-20+,50-21+;;;;;. The molecule has 26 nitrogen and oxygen atoms in total. The molecule has 5 aliphatic rings. The minimum absolute atomic E-state index is 0. The molecule has 0 unspecified atom stereocenters. The summed E-state index contributed by atoms with van der Waals surface area (Å²) in [4.78, 5) is 69.0. The lowest BCUT2D eigenvalue weighted by molar-refractivity contribution is -0.138. The van der Waals surface area contributed by atoms with Crippen molar-refractivity contribution < 1.29 is 47.6 Å². The summed E-state index contributed by atoms with van der Waals surface area (Å²) in [6, 6.07) is 33.3. The van der Waals surface area contributed by atoms with Gasteiger partial charge in [-0.15, -0.1) is 0 Å². The number of carbonyl (C=O) groups excluding carboxylic acids is 4. The number of thiazole rings is 4. The van der Waals surface area contributed by atoms with E-state index in [0.717, 1.165) is 101 Å². The quantitative estimate of drug-likeness (QED) is 0.00379. The van der Waals surface area contributed by atoms with E-state index >= 15 is 0 Å². The summed E-state index contributed by atoms with van der Waals surface area (Å²) >= 11 is 10.2. The Hall–Kier alpha value is -11.4. The fraction of sp³-hybridized carbons (Fsp3) is 0.297. The SMILES string of the molecule is C=CC(=O)OCCCOc1cc(/C=N/Nc2nc3c(s2)C=CC(=N)C3=N)c(C(=O)Oc2ccc3cc(OC(=O)C(=C)C)ccc3c2C)cc1/C=N/Nc1nc2c(s1)C=CC(=N)C2=N.C=CC(=O)Oc1c(C=N)cc(C2CCC(OCCCCS)CC2)cc1C=N.S.S.c1ccc2sc(NC3CCCCC3)nc2c1.c1ccc2sc(NC3CCCCC3)nc2c1. The second-order valence-electron chi connectivity index (χ2n) is 29.3. The molecule has 5 aliphatic carbocycles. The Morgan fingerprint density at radius 2 is 1.12 bits per heavy atom. The second-order valence-corrected chi connectivity index (χ2v) is 33.8. The molecule has 3 saturated carbocycles. The van der Waals surface area contributed by atoms with Gasteiger partial charge in [-0.25, -0.2) is 39.1 Å². The molecule has 6 aromatic carbocycles. The van der Waals surface area contributed by atoms with Crippen molar-refractivity contribution in [3.8, 4) is 23.0 Å². The Morgan fingerprint density at radius 3 is 1.65 bits per heavy atom. The molecule has 0 radical (unpaired) electrons. The third-order valence-electron chi connectivity index (χ3n) is 20.5. The van der Waals surface area contributed by atoms with Crippen LogP contribution in [0.2, 0.25) is 0 Å². The summed E-state index contributed by atoms with van der Waals surface area (Å²) in [5.41, 5.74) is 12.4. The van der Waals surface area contributed by atoms with Gasteiger partial charge in [0.05, 0.1) is 78.9 Å². The first-order chi connectivity index (χ1) is 59.2. The Balaban J connectivity index is 0.000000212. The molecule has 646 valence electrons. The van der Waals surface area contributed by atoms with Gasteiger partial charge in [0.2, 0.25) is 10.3 Å². The largest absolute Gasteiger partial charge is 0.493 e. The number of aromatic nitrogens is 4. The van der Waals surface area contributed by atoms with Crippen LogP contribution in [0.4, 0.5) is 20.5 Å². The molecule has 33 heteroatoms. The number of para-hydroxylation sites is 2. The predicted molar refractivity (Wildman–Crippen MR) is 519 cm³/mol. The molecule has 10 N–H and O–H groups in total. The average molecular weight is 1800 g/mol. The van der Waals surface area contributed by atoms with Crippen molar-refractivity contribution >= 4 is 220 Å². The van der Waals surface area contributed by atoms with Crippen LogP contribution in [0.3, 0.4) is 0 Å². The number of hydrogen-bond donors (Lipinski definition) is 11. The van der Waals surface area contributed by atoms with Crippen LogP contribution in [0.5, 0.6) is 23.0 Å². The highest BCUT2D eigenvalue weighted by molar-refractivity contribution is 7.80. The van der Waals surface area contributed by atoms with Crippen LogP contribution >= 0.6 is 85.0 Å². The Kier molecular flexibility index (Phi) is 35.8. The maximum absolute atomic E-state index is 14.3. The summed E-state index contributed by atoms with van der Waals surface area (Å²) < 4.78 is 36.5. The van der Waals surface area contributed by atoms with E-state index in [1.807, 2.05) is 24.3 Å². The zero-order chi connectivity index (χ0) is 86.0. The molecule has 0 atom stereocenters.